The number of Topliss-reactive ketones (excluding diaryl/α,β-unsaturated/α-hetero) is 1. The molecule has 0 aliphatic carbocycles. The summed E-state index contributed by atoms with van der Waals surface area (Å²) in [5.41, 5.74) is 3.77. The zero-order valence-corrected chi connectivity index (χ0v) is 27.3. The maximum atomic E-state index is 14.1. The van der Waals surface area contributed by atoms with Crippen LogP contribution in [-0.4, -0.2) is 69.5 Å². The number of morpholine rings is 1. The van der Waals surface area contributed by atoms with Gasteiger partial charge in [-0.3, -0.25) is 4.79 Å². The van der Waals surface area contributed by atoms with E-state index in [0.717, 1.165) is 28.7 Å². The first-order valence-electron chi connectivity index (χ1n) is 15.9. The fourth-order valence-corrected chi connectivity index (χ4v) is 7.31. The van der Waals surface area contributed by atoms with E-state index in [2.05, 4.69) is 15.6 Å². The van der Waals surface area contributed by atoms with E-state index in [4.69, 9.17) is 9.47 Å². The lowest BCUT2D eigenvalue weighted by Gasteiger charge is -2.30. The molecule has 0 radical (unpaired) electrons. The van der Waals surface area contributed by atoms with Gasteiger partial charge in [-0.05, 0) is 53.6 Å². The van der Waals surface area contributed by atoms with E-state index < -0.39 is 27.9 Å². The fraction of sp³-hybridized carbons (Fsp3) is 0.324. The van der Waals surface area contributed by atoms with Gasteiger partial charge in [0.05, 0.1) is 25.6 Å². The summed E-state index contributed by atoms with van der Waals surface area (Å²) in [6.07, 6.45) is 2.78. The van der Waals surface area contributed by atoms with Gasteiger partial charge in [-0.1, -0.05) is 91.0 Å². The number of pyridine rings is 1. The second-order valence-electron chi connectivity index (χ2n) is 11.7. The van der Waals surface area contributed by atoms with Crippen LogP contribution in [0, 0.1) is 0 Å². The fourth-order valence-electron chi connectivity index (χ4n) is 5.99. The van der Waals surface area contributed by atoms with Crippen LogP contribution < -0.4 is 10.6 Å². The highest BCUT2D eigenvalue weighted by Crippen LogP contribution is 2.30. The molecular formula is C37H41N3O6S. The molecule has 4 aromatic rings. The Kier molecular flexibility index (Phi) is 11.9. The van der Waals surface area contributed by atoms with Gasteiger partial charge in [-0.25, -0.2) is 18.2 Å². The maximum Gasteiger partial charge on any atom is 0.407 e. The molecule has 0 bridgehead atoms. The number of amides is 1. The van der Waals surface area contributed by atoms with E-state index in [1.165, 1.54) is 19.4 Å². The number of alkyl carbamates (subject to hydrolysis) is 1. The summed E-state index contributed by atoms with van der Waals surface area (Å²) in [5, 5.41) is 6.37. The second-order valence-corrected chi connectivity index (χ2v) is 13.8. The first-order valence-corrected chi connectivity index (χ1v) is 17.5. The number of hydrogen-bond donors (Lipinski definition) is 2. The summed E-state index contributed by atoms with van der Waals surface area (Å²) in [5.74, 6) is -0.539. The molecule has 2 N–H and O–H groups in total. The van der Waals surface area contributed by atoms with Gasteiger partial charge in [0.2, 0.25) is 0 Å². The molecule has 0 saturated carbocycles. The van der Waals surface area contributed by atoms with Crippen molar-refractivity contribution in [2.24, 2.45) is 0 Å². The Morgan fingerprint density at radius 2 is 1.53 bits per heavy atom. The lowest BCUT2D eigenvalue weighted by atomic mass is 9.81. The van der Waals surface area contributed by atoms with Crippen molar-refractivity contribution in [1.82, 2.24) is 15.6 Å². The third-order valence-corrected chi connectivity index (χ3v) is 10.2. The van der Waals surface area contributed by atoms with E-state index in [1.54, 1.807) is 12.1 Å². The van der Waals surface area contributed by atoms with Crippen LogP contribution in [0.25, 0.3) is 0 Å². The van der Waals surface area contributed by atoms with Crippen molar-refractivity contribution in [3.8, 4) is 0 Å². The molecule has 2 heterocycles. The summed E-state index contributed by atoms with van der Waals surface area (Å²) < 4.78 is 36.3. The standard InChI is InChI=1S/C37H41N3O6S/c1-45-37(42)40-36(35(28-13-4-2-5-14-28)29-15-6-3-7-16-29)33(41)24-30-17-9-8-12-27(30)19-20-32-25-39-31(26-46-32)21-23-47(43,44)34-18-10-11-22-38-34/h2-18,22,31-32,35-36,39H,19-21,23-26H2,1H3,(H,40,42)/t31-,32-,36-/m1/s1. The highest BCUT2D eigenvalue weighted by molar-refractivity contribution is 7.91. The average Bonchev–Trinajstić information content (AvgIpc) is 3.11. The number of aryl methyl sites for hydroxylation is 1. The van der Waals surface area contributed by atoms with E-state index in [9.17, 15) is 18.0 Å². The van der Waals surface area contributed by atoms with Crippen LogP contribution in [0.4, 0.5) is 4.79 Å². The minimum absolute atomic E-state index is 0.00164. The molecule has 1 aromatic heterocycles. The topological polar surface area (TPSA) is 124 Å². The number of nitrogens with one attached hydrogen (secondary N) is 2. The Labute approximate surface area is 276 Å². The lowest BCUT2D eigenvalue weighted by molar-refractivity contribution is -0.120. The molecule has 47 heavy (non-hydrogen) atoms. The Morgan fingerprint density at radius 3 is 2.13 bits per heavy atom. The van der Waals surface area contributed by atoms with Gasteiger partial charge in [0.15, 0.2) is 20.6 Å². The summed E-state index contributed by atoms with van der Waals surface area (Å²) >= 11 is 0. The predicted molar refractivity (Wildman–Crippen MR) is 180 cm³/mol. The highest BCUT2D eigenvalue weighted by atomic mass is 32.2. The van der Waals surface area contributed by atoms with Gasteiger partial charge < -0.3 is 20.1 Å². The number of carbonyl (C=O) groups is 2. The first kappa shape index (κ1) is 34.0. The minimum Gasteiger partial charge on any atom is -0.453 e. The SMILES string of the molecule is COC(=O)N[C@H](C(=O)Cc1ccccc1CC[C@@H]1CN[C@H](CCS(=O)(=O)c2ccccn2)CO1)C(c1ccccc1)c1ccccc1. The number of benzene rings is 3. The number of methoxy groups -OCH3 is 1. The van der Waals surface area contributed by atoms with Crippen LogP contribution in [0.3, 0.4) is 0 Å². The van der Waals surface area contributed by atoms with Crippen LogP contribution in [0.15, 0.2) is 114 Å². The van der Waals surface area contributed by atoms with E-state index in [-0.39, 0.29) is 35.1 Å². The van der Waals surface area contributed by atoms with Crippen molar-refractivity contribution in [3.63, 3.8) is 0 Å². The monoisotopic (exact) mass is 655 g/mol. The number of carbonyl (C=O) groups excluding carboxylic acids is 2. The number of hydrogen-bond acceptors (Lipinski definition) is 8. The van der Waals surface area contributed by atoms with Gasteiger partial charge in [0.1, 0.15) is 6.04 Å². The second kappa shape index (κ2) is 16.4. The van der Waals surface area contributed by atoms with Crippen LogP contribution in [-0.2, 0) is 36.9 Å². The van der Waals surface area contributed by atoms with Gasteiger partial charge in [-0.2, -0.15) is 0 Å². The molecule has 246 valence electrons. The van der Waals surface area contributed by atoms with Gasteiger partial charge in [0, 0.05) is 31.1 Å². The Morgan fingerprint density at radius 1 is 0.894 bits per heavy atom. The molecule has 3 atom stereocenters. The van der Waals surface area contributed by atoms with Crippen molar-refractivity contribution >= 4 is 21.7 Å². The zero-order chi connectivity index (χ0) is 33.1. The van der Waals surface area contributed by atoms with Crippen molar-refractivity contribution in [3.05, 3.63) is 132 Å². The largest absolute Gasteiger partial charge is 0.453 e. The van der Waals surface area contributed by atoms with Crippen molar-refractivity contribution in [2.45, 2.75) is 54.8 Å². The zero-order valence-electron chi connectivity index (χ0n) is 26.5. The molecule has 10 heteroatoms. The van der Waals surface area contributed by atoms with E-state index >= 15 is 0 Å². The number of rotatable bonds is 14. The third-order valence-electron chi connectivity index (χ3n) is 8.53. The Hall–Kier alpha value is -4.38. The molecule has 0 unspecified atom stereocenters. The smallest absolute Gasteiger partial charge is 0.407 e. The summed E-state index contributed by atoms with van der Waals surface area (Å²) in [6.45, 7) is 1.03. The molecule has 1 aliphatic rings. The summed E-state index contributed by atoms with van der Waals surface area (Å²) in [6, 6.07) is 31.2. The van der Waals surface area contributed by atoms with Crippen molar-refractivity contribution in [2.75, 3.05) is 26.0 Å². The Balaban J connectivity index is 1.22. The molecule has 1 fully saturated rings. The Bertz CT molecular complexity index is 1660. The molecule has 1 amide bonds. The van der Waals surface area contributed by atoms with Gasteiger partial charge >= 0.3 is 6.09 Å². The number of aromatic nitrogens is 1. The molecule has 3 aromatic carbocycles. The van der Waals surface area contributed by atoms with Crippen LogP contribution >= 0.6 is 0 Å². The quantitative estimate of drug-likeness (QED) is 0.197. The van der Waals surface area contributed by atoms with Crippen LogP contribution in [0.5, 0.6) is 0 Å². The minimum atomic E-state index is -3.45. The number of ketones is 1. The first-order chi connectivity index (χ1) is 22.8. The normalized spacial score (nSPS) is 17.1. The number of ether oxygens (including phenoxy) is 2. The summed E-state index contributed by atoms with van der Waals surface area (Å²) in [7, 11) is -2.16. The third kappa shape index (κ3) is 9.34. The number of nitrogens with zero attached hydrogens (tertiary/aromatic N) is 1. The maximum absolute atomic E-state index is 14.1. The molecule has 5 rings (SSSR count). The van der Waals surface area contributed by atoms with Gasteiger partial charge in [-0.15, -0.1) is 0 Å². The summed E-state index contributed by atoms with van der Waals surface area (Å²) in [4.78, 5) is 30.6. The molecule has 9 nitrogen and oxygen atoms in total. The van der Waals surface area contributed by atoms with Gasteiger partial charge in [0.25, 0.3) is 0 Å². The van der Waals surface area contributed by atoms with E-state index in [0.29, 0.717) is 26.0 Å². The number of sulfone groups is 1. The molecule has 1 aliphatic heterocycles. The van der Waals surface area contributed by atoms with Crippen LogP contribution in [0.1, 0.15) is 41.0 Å². The van der Waals surface area contributed by atoms with Crippen molar-refractivity contribution in [1.29, 1.82) is 0 Å². The molecule has 0 spiro atoms. The molecular weight excluding hydrogens is 614 g/mol. The molecule has 1 saturated heterocycles. The van der Waals surface area contributed by atoms with Crippen molar-refractivity contribution < 1.29 is 27.5 Å². The highest BCUT2D eigenvalue weighted by Gasteiger charge is 2.33. The van der Waals surface area contributed by atoms with Crippen LogP contribution in [0.2, 0.25) is 0 Å². The lowest BCUT2D eigenvalue weighted by Crippen LogP contribution is -2.47. The predicted octanol–water partition coefficient (Wildman–Crippen LogP) is 4.90. The average molecular weight is 656 g/mol. The van der Waals surface area contributed by atoms with E-state index in [1.807, 2.05) is 84.9 Å².